The molecule has 20 heavy (non-hydrogen) atoms. The van der Waals surface area contributed by atoms with Crippen LogP contribution in [0, 0.1) is 25.2 Å². The van der Waals surface area contributed by atoms with Crippen LogP contribution in [0.1, 0.15) is 17.5 Å². The molecular formula is C16H23N3O. The van der Waals surface area contributed by atoms with Gasteiger partial charge in [0.15, 0.2) is 0 Å². The highest BCUT2D eigenvalue weighted by Gasteiger charge is 2.21. The van der Waals surface area contributed by atoms with Gasteiger partial charge in [-0.15, -0.1) is 0 Å². The summed E-state index contributed by atoms with van der Waals surface area (Å²) in [5, 5.41) is 12.3. The number of hydrogen-bond acceptors (Lipinski definition) is 4. The molecule has 1 fully saturated rings. The summed E-state index contributed by atoms with van der Waals surface area (Å²) in [5.74, 6) is 0.925. The monoisotopic (exact) mass is 273 g/mol. The average Bonchev–Trinajstić information content (AvgIpc) is 2.46. The van der Waals surface area contributed by atoms with Crippen molar-refractivity contribution < 1.29 is 4.74 Å². The van der Waals surface area contributed by atoms with Crippen molar-refractivity contribution in [3.63, 3.8) is 0 Å². The maximum atomic E-state index is 9.01. The van der Waals surface area contributed by atoms with Crippen LogP contribution in [0.25, 0.3) is 0 Å². The third kappa shape index (κ3) is 3.96. The number of benzene rings is 1. The predicted molar refractivity (Wildman–Crippen MR) is 79.9 cm³/mol. The van der Waals surface area contributed by atoms with Crippen molar-refractivity contribution in [2.75, 3.05) is 32.8 Å². The molecule has 1 aromatic carbocycles. The van der Waals surface area contributed by atoms with Crippen LogP contribution in [-0.4, -0.2) is 43.7 Å². The molecule has 4 nitrogen and oxygen atoms in total. The lowest BCUT2D eigenvalue weighted by Gasteiger charge is -2.33. The Morgan fingerprint density at radius 1 is 1.35 bits per heavy atom. The van der Waals surface area contributed by atoms with Gasteiger partial charge in [-0.25, -0.2) is 0 Å². The lowest BCUT2D eigenvalue weighted by atomic mass is 10.1. The summed E-state index contributed by atoms with van der Waals surface area (Å²) in [5.41, 5.74) is 2.39. The number of nitriles is 1. The minimum atomic E-state index is 0.183. The first-order valence-corrected chi connectivity index (χ1v) is 7.22. The van der Waals surface area contributed by atoms with E-state index in [1.165, 1.54) is 5.56 Å². The molecule has 0 aliphatic carbocycles. The number of piperazine rings is 1. The van der Waals surface area contributed by atoms with Gasteiger partial charge in [0.05, 0.1) is 18.5 Å². The van der Waals surface area contributed by atoms with Gasteiger partial charge in [-0.1, -0.05) is 17.7 Å². The van der Waals surface area contributed by atoms with Crippen molar-refractivity contribution in [2.24, 2.45) is 0 Å². The first-order valence-electron chi connectivity index (χ1n) is 7.22. The summed E-state index contributed by atoms with van der Waals surface area (Å²) in [6.45, 7) is 8.68. The summed E-state index contributed by atoms with van der Waals surface area (Å²) >= 11 is 0. The highest BCUT2D eigenvalue weighted by molar-refractivity contribution is 5.35. The quantitative estimate of drug-likeness (QED) is 0.890. The van der Waals surface area contributed by atoms with E-state index in [1.807, 2.05) is 6.07 Å². The molecule has 0 spiro atoms. The Morgan fingerprint density at radius 2 is 2.10 bits per heavy atom. The van der Waals surface area contributed by atoms with E-state index in [-0.39, 0.29) is 6.04 Å². The maximum absolute atomic E-state index is 9.01. The molecule has 1 heterocycles. The second-order valence-electron chi connectivity index (χ2n) is 5.38. The summed E-state index contributed by atoms with van der Waals surface area (Å²) in [6.07, 6.45) is 0.519. The minimum Gasteiger partial charge on any atom is -0.492 e. The first kappa shape index (κ1) is 14.8. The summed E-state index contributed by atoms with van der Waals surface area (Å²) in [7, 11) is 0. The predicted octanol–water partition coefficient (Wildman–Crippen LogP) is 1.87. The van der Waals surface area contributed by atoms with Crippen LogP contribution in [0.4, 0.5) is 0 Å². The Balaban J connectivity index is 1.96. The van der Waals surface area contributed by atoms with E-state index in [0.29, 0.717) is 13.0 Å². The molecule has 2 rings (SSSR count). The third-order valence-corrected chi connectivity index (χ3v) is 3.76. The standard InChI is InChI=1S/C16H23N3O/c1-13-3-4-16(14(2)11-13)20-12-15(5-6-17)19-9-7-18-8-10-19/h3-4,11,15,18H,5,7-10,12H2,1-2H3. The van der Waals surface area contributed by atoms with Crippen molar-refractivity contribution in [3.8, 4) is 11.8 Å². The van der Waals surface area contributed by atoms with E-state index >= 15 is 0 Å². The molecule has 0 amide bonds. The molecule has 1 atom stereocenters. The minimum absolute atomic E-state index is 0.183. The van der Waals surface area contributed by atoms with E-state index < -0.39 is 0 Å². The zero-order chi connectivity index (χ0) is 14.4. The van der Waals surface area contributed by atoms with Crippen LogP contribution in [0.15, 0.2) is 18.2 Å². The van der Waals surface area contributed by atoms with Crippen molar-refractivity contribution in [2.45, 2.75) is 26.3 Å². The fraction of sp³-hybridized carbons (Fsp3) is 0.562. The molecule has 0 aromatic heterocycles. The molecule has 1 saturated heterocycles. The van der Waals surface area contributed by atoms with Gasteiger partial charge in [0, 0.05) is 26.2 Å². The number of hydrogen-bond donors (Lipinski definition) is 1. The first-order chi connectivity index (χ1) is 9.70. The van der Waals surface area contributed by atoms with Crippen LogP contribution >= 0.6 is 0 Å². The Kier molecular flexibility index (Phi) is 5.40. The Labute approximate surface area is 121 Å². The normalized spacial score (nSPS) is 17.4. The van der Waals surface area contributed by atoms with Gasteiger partial charge >= 0.3 is 0 Å². The summed E-state index contributed by atoms with van der Waals surface area (Å²) in [4.78, 5) is 2.35. The second-order valence-corrected chi connectivity index (χ2v) is 5.38. The fourth-order valence-electron chi connectivity index (χ4n) is 2.59. The second kappa shape index (κ2) is 7.28. The molecule has 1 aliphatic rings. The highest BCUT2D eigenvalue weighted by Crippen LogP contribution is 2.19. The van der Waals surface area contributed by atoms with Crippen molar-refractivity contribution in [1.82, 2.24) is 10.2 Å². The van der Waals surface area contributed by atoms with Crippen LogP contribution in [0.2, 0.25) is 0 Å². The van der Waals surface area contributed by atoms with Gasteiger partial charge in [-0.2, -0.15) is 5.26 Å². The van der Waals surface area contributed by atoms with Crippen LogP contribution in [0.5, 0.6) is 5.75 Å². The van der Waals surface area contributed by atoms with Gasteiger partial charge in [0.25, 0.3) is 0 Å². The molecule has 1 aromatic rings. The third-order valence-electron chi connectivity index (χ3n) is 3.76. The van der Waals surface area contributed by atoms with Crippen LogP contribution in [0.3, 0.4) is 0 Å². The molecule has 1 unspecified atom stereocenters. The van der Waals surface area contributed by atoms with Gasteiger partial charge < -0.3 is 10.1 Å². The number of nitrogens with zero attached hydrogens (tertiary/aromatic N) is 2. The van der Waals surface area contributed by atoms with Crippen molar-refractivity contribution >= 4 is 0 Å². The summed E-state index contributed by atoms with van der Waals surface area (Å²) < 4.78 is 5.95. The molecule has 1 N–H and O–H groups in total. The lowest BCUT2D eigenvalue weighted by molar-refractivity contribution is 0.123. The molecule has 4 heteroatoms. The molecule has 108 valence electrons. The zero-order valence-corrected chi connectivity index (χ0v) is 12.4. The fourth-order valence-corrected chi connectivity index (χ4v) is 2.59. The molecular weight excluding hydrogens is 250 g/mol. The summed E-state index contributed by atoms with van der Waals surface area (Å²) in [6, 6.07) is 8.67. The van der Waals surface area contributed by atoms with Crippen LogP contribution in [-0.2, 0) is 0 Å². The maximum Gasteiger partial charge on any atom is 0.122 e. The zero-order valence-electron chi connectivity index (χ0n) is 12.4. The molecule has 1 aliphatic heterocycles. The molecule has 0 saturated carbocycles. The van der Waals surface area contributed by atoms with E-state index in [9.17, 15) is 0 Å². The SMILES string of the molecule is Cc1ccc(OCC(CC#N)N2CCNCC2)c(C)c1. The Bertz CT molecular complexity index is 475. The van der Waals surface area contributed by atoms with Crippen molar-refractivity contribution in [3.05, 3.63) is 29.3 Å². The number of nitrogens with one attached hydrogen (secondary N) is 1. The molecule has 0 radical (unpaired) electrons. The average molecular weight is 273 g/mol. The van der Waals surface area contributed by atoms with Crippen LogP contribution < -0.4 is 10.1 Å². The van der Waals surface area contributed by atoms with E-state index in [2.05, 4.69) is 42.3 Å². The topological polar surface area (TPSA) is 48.3 Å². The van der Waals surface area contributed by atoms with Gasteiger partial charge in [-0.3, -0.25) is 4.90 Å². The largest absolute Gasteiger partial charge is 0.492 e. The number of ether oxygens (including phenoxy) is 1. The Hall–Kier alpha value is -1.57. The van der Waals surface area contributed by atoms with Gasteiger partial charge in [-0.05, 0) is 25.5 Å². The smallest absolute Gasteiger partial charge is 0.122 e. The van der Waals surface area contributed by atoms with E-state index in [0.717, 1.165) is 37.5 Å². The van der Waals surface area contributed by atoms with E-state index in [1.54, 1.807) is 0 Å². The van der Waals surface area contributed by atoms with Crippen molar-refractivity contribution in [1.29, 1.82) is 5.26 Å². The number of aryl methyl sites for hydroxylation is 2. The van der Waals surface area contributed by atoms with Gasteiger partial charge in [0.2, 0.25) is 0 Å². The number of rotatable bonds is 5. The highest BCUT2D eigenvalue weighted by atomic mass is 16.5. The Morgan fingerprint density at radius 3 is 2.75 bits per heavy atom. The van der Waals surface area contributed by atoms with E-state index in [4.69, 9.17) is 10.00 Å². The molecule has 0 bridgehead atoms. The van der Waals surface area contributed by atoms with Gasteiger partial charge in [0.1, 0.15) is 12.4 Å². The lowest BCUT2D eigenvalue weighted by Crippen LogP contribution is -2.50.